The Hall–Kier alpha value is -1.97. The van der Waals surface area contributed by atoms with Gasteiger partial charge in [0.15, 0.2) is 0 Å². The van der Waals surface area contributed by atoms with Crippen LogP contribution in [-0.2, 0) is 6.42 Å². The highest BCUT2D eigenvalue weighted by Gasteiger charge is 2.13. The van der Waals surface area contributed by atoms with Gasteiger partial charge in [0.25, 0.3) is 0 Å². The zero-order valence-electron chi connectivity index (χ0n) is 12.0. The molecule has 0 radical (unpaired) electrons. The molecule has 0 fully saturated rings. The van der Waals surface area contributed by atoms with E-state index in [2.05, 4.69) is 31.2 Å². The Labute approximate surface area is 129 Å². The molecule has 106 valence electrons. The number of nitrogens with two attached hydrogens (primary N) is 1. The van der Waals surface area contributed by atoms with Gasteiger partial charge in [0.05, 0.1) is 10.7 Å². The van der Waals surface area contributed by atoms with Gasteiger partial charge >= 0.3 is 0 Å². The molecule has 3 heteroatoms. The molecule has 0 aliphatic rings. The Balaban J connectivity index is 1.82. The Kier molecular flexibility index (Phi) is 4.13. The fourth-order valence-corrected chi connectivity index (χ4v) is 3.42. The van der Waals surface area contributed by atoms with Crippen LogP contribution >= 0.6 is 11.3 Å². The summed E-state index contributed by atoms with van der Waals surface area (Å²) >= 11 is 1.74. The number of aromatic nitrogens is 1. The smallest absolute Gasteiger partial charge is 0.0954 e. The molecule has 3 aromatic rings. The molecule has 1 unspecified atom stereocenters. The van der Waals surface area contributed by atoms with E-state index in [4.69, 9.17) is 10.7 Å². The van der Waals surface area contributed by atoms with Crippen molar-refractivity contribution in [2.24, 2.45) is 5.73 Å². The average Bonchev–Trinajstić information content (AvgIpc) is 2.89. The van der Waals surface area contributed by atoms with Crippen LogP contribution in [0, 0.1) is 6.92 Å². The maximum atomic E-state index is 6.29. The molecule has 0 saturated carbocycles. The molecule has 3 rings (SSSR count). The number of benzene rings is 2. The minimum Gasteiger partial charge on any atom is -0.324 e. The summed E-state index contributed by atoms with van der Waals surface area (Å²) in [6, 6.07) is 20.5. The molecule has 0 aliphatic carbocycles. The summed E-state index contributed by atoms with van der Waals surface area (Å²) in [5.41, 5.74) is 9.70. The first-order chi connectivity index (χ1) is 10.2. The van der Waals surface area contributed by atoms with Gasteiger partial charge in [-0.2, -0.15) is 0 Å². The van der Waals surface area contributed by atoms with E-state index in [9.17, 15) is 0 Å². The molecular formula is C18H18N2S. The van der Waals surface area contributed by atoms with E-state index >= 15 is 0 Å². The second-order valence-corrected chi connectivity index (χ2v) is 6.39. The van der Waals surface area contributed by atoms with Crippen LogP contribution in [0.4, 0.5) is 0 Å². The van der Waals surface area contributed by atoms with Crippen LogP contribution in [-0.4, -0.2) is 4.98 Å². The Morgan fingerprint density at radius 2 is 1.62 bits per heavy atom. The van der Waals surface area contributed by atoms with E-state index in [0.717, 1.165) is 22.7 Å². The topological polar surface area (TPSA) is 38.9 Å². The standard InChI is InChI=1S/C18H18N2S/c1-13-18(15-10-6-3-7-11-15)20-17(21-13)12-16(19)14-8-4-2-5-9-14/h2-11,16H,12,19H2,1H3. The van der Waals surface area contributed by atoms with Crippen LogP contribution in [0.3, 0.4) is 0 Å². The first-order valence-electron chi connectivity index (χ1n) is 7.06. The molecule has 2 nitrogen and oxygen atoms in total. The Morgan fingerprint density at radius 3 is 2.29 bits per heavy atom. The van der Waals surface area contributed by atoms with Gasteiger partial charge in [0.2, 0.25) is 0 Å². The number of rotatable bonds is 4. The van der Waals surface area contributed by atoms with E-state index in [-0.39, 0.29) is 6.04 Å². The lowest BCUT2D eigenvalue weighted by Gasteiger charge is -2.09. The molecule has 0 amide bonds. The molecular weight excluding hydrogens is 276 g/mol. The molecule has 1 atom stereocenters. The summed E-state index contributed by atoms with van der Waals surface area (Å²) in [4.78, 5) is 6.03. The lowest BCUT2D eigenvalue weighted by molar-refractivity contribution is 0.718. The Morgan fingerprint density at radius 1 is 1.00 bits per heavy atom. The average molecular weight is 294 g/mol. The van der Waals surface area contributed by atoms with E-state index in [1.54, 1.807) is 11.3 Å². The third kappa shape index (κ3) is 3.20. The summed E-state index contributed by atoms with van der Waals surface area (Å²) in [6.45, 7) is 2.12. The number of thiazole rings is 1. The van der Waals surface area contributed by atoms with Crippen molar-refractivity contribution in [1.29, 1.82) is 0 Å². The minimum absolute atomic E-state index is 0.000346. The Bertz CT molecular complexity index is 705. The minimum atomic E-state index is 0.000346. The van der Waals surface area contributed by atoms with Gasteiger partial charge in [-0.05, 0) is 12.5 Å². The maximum Gasteiger partial charge on any atom is 0.0954 e. The van der Waals surface area contributed by atoms with E-state index in [1.165, 1.54) is 10.4 Å². The van der Waals surface area contributed by atoms with Gasteiger partial charge in [-0.1, -0.05) is 60.7 Å². The summed E-state index contributed by atoms with van der Waals surface area (Å²) in [6.07, 6.45) is 0.780. The van der Waals surface area contributed by atoms with Crippen LogP contribution in [0.25, 0.3) is 11.3 Å². The second kappa shape index (κ2) is 6.20. The van der Waals surface area contributed by atoms with Crippen molar-refractivity contribution in [1.82, 2.24) is 4.98 Å². The molecule has 1 aromatic heterocycles. The summed E-state index contributed by atoms with van der Waals surface area (Å²) in [5, 5.41) is 1.10. The van der Waals surface area contributed by atoms with Crippen molar-refractivity contribution in [3.05, 3.63) is 76.1 Å². The van der Waals surface area contributed by atoms with Crippen LogP contribution in [0.5, 0.6) is 0 Å². The van der Waals surface area contributed by atoms with Crippen molar-refractivity contribution in [2.75, 3.05) is 0 Å². The quantitative estimate of drug-likeness (QED) is 0.776. The van der Waals surface area contributed by atoms with Crippen LogP contribution in [0.15, 0.2) is 60.7 Å². The number of hydrogen-bond donors (Lipinski definition) is 1. The summed E-state index contributed by atoms with van der Waals surface area (Å²) in [5.74, 6) is 0. The number of aryl methyl sites for hydroxylation is 1. The van der Waals surface area contributed by atoms with Gasteiger partial charge in [-0.15, -0.1) is 11.3 Å². The maximum absolute atomic E-state index is 6.29. The van der Waals surface area contributed by atoms with Crippen molar-refractivity contribution >= 4 is 11.3 Å². The van der Waals surface area contributed by atoms with Crippen LogP contribution in [0.1, 0.15) is 21.5 Å². The summed E-state index contributed by atoms with van der Waals surface area (Å²) in [7, 11) is 0. The third-order valence-electron chi connectivity index (χ3n) is 3.51. The molecule has 0 bridgehead atoms. The van der Waals surface area contributed by atoms with Crippen molar-refractivity contribution in [3.8, 4) is 11.3 Å². The predicted octanol–water partition coefficient (Wildman–Crippen LogP) is 4.36. The highest BCUT2D eigenvalue weighted by molar-refractivity contribution is 7.12. The van der Waals surface area contributed by atoms with Crippen molar-refractivity contribution in [2.45, 2.75) is 19.4 Å². The largest absolute Gasteiger partial charge is 0.324 e. The monoisotopic (exact) mass is 294 g/mol. The highest BCUT2D eigenvalue weighted by atomic mass is 32.1. The van der Waals surface area contributed by atoms with E-state index < -0.39 is 0 Å². The molecule has 0 aliphatic heterocycles. The van der Waals surface area contributed by atoms with Gasteiger partial charge < -0.3 is 5.73 Å². The predicted molar refractivity (Wildman–Crippen MR) is 89.4 cm³/mol. The van der Waals surface area contributed by atoms with Crippen molar-refractivity contribution < 1.29 is 0 Å². The second-order valence-electron chi connectivity index (χ2n) is 5.10. The molecule has 1 heterocycles. The molecule has 21 heavy (non-hydrogen) atoms. The summed E-state index contributed by atoms with van der Waals surface area (Å²) < 4.78 is 0. The van der Waals surface area contributed by atoms with Crippen molar-refractivity contribution in [3.63, 3.8) is 0 Å². The van der Waals surface area contributed by atoms with E-state index in [0.29, 0.717) is 0 Å². The SMILES string of the molecule is Cc1sc(CC(N)c2ccccc2)nc1-c1ccccc1. The van der Waals surface area contributed by atoms with Gasteiger partial charge in [0.1, 0.15) is 0 Å². The van der Waals surface area contributed by atoms with Crippen LogP contribution in [0.2, 0.25) is 0 Å². The first-order valence-corrected chi connectivity index (χ1v) is 7.88. The first kappa shape index (κ1) is 14.0. The third-order valence-corrected chi connectivity index (χ3v) is 4.50. The van der Waals surface area contributed by atoms with Crippen LogP contribution < -0.4 is 5.73 Å². The van der Waals surface area contributed by atoms with Gasteiger partial charge in [0, 0.05) is 22.9 Å². The molecule has 0 spiro atoms. The lowest BCUT2D eigenvalue weighted by atomic mass is 10.1. The molecule has 2 N–H and O–H groups in total. The van der Waals surface area contributed by atoms with E-state index in [1.807, 2.05) is 36.4 Å². The van der Waals surface area contributed by atoms with Gasteiger partial charge in [-0.25, -0.2) is 4.98 Å². The molecule has 0 saturated heterocycles. The zero-order chi connectivity index (χ0) is 14.7. The highest BCUT2D eigenvalue weighted by Crippen LogP contribution is 2.29. The fraction of sp³-hybridized carbons (Fsp3) is 0.167. The lowest BCUT2D eigenvalue weighted by Crippen LogP contribution is -2.12. The van der Waals surface area contributed by atoms with Gasteiger partial charge in [-0.3, -0.25) is 0 Å². The zero-order valence-corrected chi connectivity index (χ0v) is 12.8. The number of hydrogen-bond acceptors (Lipinski definition) is 3. The molecule has 2 aromatic carbocycles. The fourth-order valence-electron chi connectivity index (χ4n) is 2.41. The normalized spacial score (nSPS) is 12.3. The number of nitrogens with zero attached hydrogens (tertiary/aromatic N) is 1.